The zero-order valence-electron chi connectivity index (χ0n) is 21.6. The largest absolute Gasteiger partial charge is 0.308 e. The van der Waals surface area contributed by atoms with Gasteiger partial charge in [0.2, 0.25) is 10.0 Å². The van der Waals surface area contributed by atoms with Crippen LogP contribution < -0.4 is 4.72 Å². The van der Waals surface area contributed by atoms with E-state index in [4.69, 9.17) is 11.6 Å². The van der Waals surface area contributed by atoms with E-state index in [0.717, 1.165) is 35.4 Å². The van der Waals surface area contributed by atoms with E-state index in [1.54, 1.807) is 6.07 Å². The van der Waals surface area contributed by atoms with Crippen LogP contribution >= 0.6 is 11.6 Å². The van der Waals surface area contributed by atoms with Crippen LogP contribution in [0.4, 0.5) is 0 Å². The number of pyridine rings is 1. The van der Waals surface area contributed by atoms with E-state index in [2.05, 4.69) is 50.3 Å². The zero-order valence-corrected chi connectivity index (χ0v) is 23.2. The number of amides is 1. The third-order valence-corrected chi connectivity index (χ3v) is 7.68. The maximum atomic E-state index is 12.7. The summed E-state index contributed by atoms with van der Waals surface area (Å²) in [7, 11) is -3.72. The summed E-state index contributed by atoms with van der Waals surface area (Å²) < 4.78 is 28.5. The van der Waals surface area contributed by atoms with Crippen molar-refractivity contribution in [3.63, 3.8) is 0 Å². The molecule has 2 heterocycles. The quantitative estimate of drug-likeness (QED) is 0.202. The maximum Gasteiger partial charge on any atom is 0.283 e. The molecule has 2 aromatic heterocycles. The molecule has 0 aliphatic heterocycles. The number of halogens is 1. The fourth-order valence-electron chi connectivity index (χ4n) is 4.09. The van der Waals surface area contributed by atoms with Crippen molar-refractivity contribution in [2.75, 3.05) is 5.75 Å². The second kappa shape index (κ2) is 11.8. The molecule has 2 aliphatic rings. The topological polar surface area (TPSA) is 94.0 Å². The summed E-state index contributed by atoms with van der Waals surface area (Å²) in [6.07, 6.45) is 2.18. The molecule has 0 bridgehead atoms. The van der Waals surface area contributed by atoms with Gasteiger partial charge in [-0.05, 0) is 78.2 Å². The number of fused-ring (bicyclic) bond motifs is 2. The Bertz CT molecular complexity index is 1630. The Labute approximate surface area is 228 Å². The molecule has 2 aliphatic carbocycles. The first-order valence-corrected chi connectivity index (χ1v) is 14.4. The summed E-state index contributed by atoms with van der Waals surface area (Å²) in [4.78, 5) is 21.7. The number of sulfonamides is 1. The number of nitrogens with zero attached hydrogens (tertiary/aromatic N) is 3. The monoisotopic (exact) mass is 548 g/mol. The fourth-order valence-corrected chi connectivity index (χ4v) is 5.27. The van der Waals surface area contributed by atoms with Crippen molar-refractivity contribution in [1.29, 1.82) is 0 Å². The van der Waals surface area contributed by atoms with Gasteiger partial charge in [0.15, 0.2) is 5.65 Å². The molecule has 0 fully saturated rings. The van der Waals surface area contributed by atoms with Gasteiger partial charge in [-0.1, -0.05) is 56.2 Å². The number of carbonyl (C=O) groups excluding carboxylic acids is 1. The Morgan fingerprint density at radius 2 is 1.74 bits per heavy atom. The summed E-state index contributed by atoms with van der Waals surface area (Å²) in [5, 5.41) is 2.37. The van der Waals surface area contributed by atoms with Crippen LogP contribution in [0.15, 0.2) is 54.6 Å². The van der Waals surface area contributed by atoms with Crippen molar-refractivity contribution >= 4 is 38.7 Å². The number of aryl methyl sites for hydroxylation is 2. The Hall–Kier alpha value is -3.67. The summed E-state index contributed by atoms with van der Waals surface area (Å²) in [5.41, 5.74) is 6.58. The smallest absolute Gasteiger partial charge is 0.283 e. The van der Waals surface area contributed by atoms with Crippen molar-refractivity contribution in [3.8, 4) is 22.4 Å². The summed E-state index contributed by atoms with van der Waals surface area (Å²) in [6, 6.07) is 17.7. The van der Waals surface area contributed by atoms with Gasteiger partial charge >= 0.3 is 0 Å². The standard InChI is InChI=1S/C23H25ClN4O3S.C6H4/c1-4-5-6-12-32(30,31)27-23(29)20-13-16(2)21-22(26-20)28(17(3)25-21)15-19-9-7-8-18(14-19)10-11-24;1-2-6-4-3-5(1)6/h7-9,13-14H,4-6,12,15H2,1-3H3,(H,27,29);1-4H. The van der Waals surface area contributed by atoms with Crippen molar-refractivity contribution < 1.29 is 13.2 Å². The number of hydrogen-bond acceptors (Lipinski definition) is 5. The Morgan fingerprint density at radius 1 is 1.03 bits per heavy atom. The third kappa shape index (κ3) is 6.42. The minimum absolute atomic E-state index is 0.0389. The predicted octanol–water partition coefficient (Wildman–Crippen LogP) is 5.56. The van der Waals surface area contributed by atoms with E-state index in [0.29, 0.717) is 24.1 Å². The summed E-state index contributed by atoms with van der Waals surface area (Å²) >= 11 is 5.51. The van der Waals surface area contributed by atoms with Crippen LogP contribution in [0, 0.1) is 25.1 Å². The van der Waals surface area contributed by atoms with Gasteiger partial charge in [-0.25, -0.2) is 23.1 Å². The van der Waals surface area contributed by atoms with E-state index >= 15 is 0 Å². The third-order valence-electron chi connectivity index (χ3n) is 6.26. The molecular weight excluding hydrogens is 520 g/mol. The van der Waals surface area contributed by atoms with Crippen LogP contribution in [0.25, 0.3) is 22.3 Å². The number of rotatable bonds is 8. The molecular formula is C29H29ClN4O3S. The highest BCUT2D eigenvalue weighted by Gasteiger charge is 2.20. The Balaban J connectivity index is 0.000000483. The fraction of sp³-hybridized carbons (Fsp3) is 0.276. The Kier molecular flexibility index (Phi) is 8.50. The van der Waals surface area contributed by atoms with Crippen molar-refractivity contribution in [2.45, 2.75) is 46.6 Å². The molecule has 3 aromatic rings. The molecule has 0 radical (unpaired) electrons. The first-order chi connectivity index (χ1) is 18.2. The highest BCUT2D eigenvalue weighted by Crippen LogP contribution is 2.29. The molecule has 196 valence electrons. The molecule has 7 nitrogen and oxygen atoms in total. The highest BCUT2D eigenvalue weighted by molar-refractivity contribution is 7.90. The van der Waals surface area contributed by atoms with Gasteiger partial charge < -0.3 is 4.57 Å². The van der Waals surface area contributed by atoms with E-state index in [-0.39, 0.29) is 11.4 Å². The normalized spacial score (nSPS) is 11.3. The van der Waals surface area contributed by atoms with Crippen LogP contribution in [0.5, 0.6) is 0 Å². The molecule has 5 rings (SSSR count). The van der Waals surface area contributed by atoms with Crippen molar-refractivity contribution in [3.05, 3.63) is 82.8 Å². The molecule has 38 heavy (non-hydrogen) atoms. The Morgan fingerprint density at radius 3 is 2.34 bits per heavy atom. The molecule has 1 aromatic carbocycles. The zero-order chi connectivity index (χ0) is 27.3. The number of hydrogen-bond donors (Lipinski definition) is 1. The molecule has 9 heteroatoms. The summed E-state index contributed by atoms with van der Waals surface area (Å²) in [5.74, 6) is 2.72. The van der Waals surface area contributed by atoms with E-state index in [1.807, 2.05) is 49.6 Å². The molecule has 0 saturated carbocycles. The maximum absolute atomic E-state index is 12.7. The predicted molar refractivity (Wildman–Crippen MR) is 151 cm³/mol. The molecule has 0 spiro atoms. The first kappa shape index (κ1) is 27.4. The first-order valence-electron chi connectivity index (χ1n) is 12.4. The van der Waals surface area contributed by atoms with E-state index in [1.165, 1.54) is 11.1 Å². The van der Waals surface area contributed by atoms with Crippen LogP contribution in [0.3, 0.4) is 0 Å². The average molecular weight is 549 g/mol. The number of unbranched alkanes of at least 4 members (excludes halogenated alkanes) is 2. The van der Waals surface area contributed by atoms with Crippen LogP contribution in [0.1, 0.15) is 59.2 Å². The van der Waals surface area contributed by atoms with Crippen molar-refractivity contribution in [1.82, 2.24) is 19.3 Å². The van der Waals surface area contributed by atoms with Gasteiger partial charge in [-0.15, -0.1) is 0 Å². The van der Waals surface area contributed by atoms with Crippen LogP contribution in [-0.4, -0.2) is 34.6 Å². The van der Waals surface area contributed by atoms with Gasteiger partial charge in [0, 0.05) is 10.9 Å². The second-order valence-electron chi connectivity index (χ2n) is 9.20. The van der Waals surface area contributed by atoms with Crippen LogP contribution in [0.2, 0.25) is 0 Å². The van der Waals surface area contributed by atoms with Gasteiger partial charge in [0.25, 0.3) is 5.91 Å². The van der Waals surface area contributed by atoms with E-state index < -0.39 is 15.9 Å². The van der Waals surface area contributed by atoms with Crippen molar-refractivity contribution in [2.24, 2.45) is 0 Å². The number of nitrogens with one attached hydrogen (secondary N) is 1. The molecule has 1 amide bonds. The number of benzene rings is 2. The van der Waals surface area contributed by atoms with Gasteiger partial charge in [-0.3, -0.25) is 4.79 Å². The SMILES string of the molecule is CCCCCS(=O)(=O)NC(=O)c1cc(C)c2nc(C)n(Cc3cccc(C#CCl)c3)c2n1.c1cc2ccc1-2. The lowest BCUT2D eigenvalue weighted by atomic mass is 9.95. The molecule has 1 N–H and O–H groups in total. The second-order valence-corrected chi connectivity index (χ2v) is 11.2. The highest BCUT2D eigenvalue weighted by atomic mass is 35.5. The molecule has 0 unspecified atom stereocenters. The van der Waals surface area contributed by atoms with E-state index in [9.17, 15) is 13.2 Å². The van der Waals surface area contributed by atoms with Gasteiger partial charge in [0.05, 0.1) is 12.3 Å². The van der Waals surface area contributed by atoms with Crippen LogP contribution in [-0.2, 0) is 16.6 Å². The molecule has 0 saturated heterocycles. The lowest BCUT2D eigenvalue weighted by Crippen LogP contribution is -2.33. The number of carbonyl (C=O) groups is 1. The number of imidazole rings is 1. The van der Waals surface area contributed by atoms with Gasteiger partial charge in [-0.2, -0.15) is 0 Å². The lowest BCUT2D eigenvalue weighted by Gasteiger charge is -2.10. The minimum atomic E-state index is -3.72. The molecule has 0 atom stereocenters. The number of aromatic nitrogens is 3. The summed E-state index contributed by atoms with van der Waals surface area (Å²) in [6.45, 7) is 6.14. The lowest BCUT2D eigenvalue weighted by molar-refractivity contribution is 0.0976. The minimum Gasteiger partial charge on any atom is -0.308 e. The average Bonchev–Trinajstić information content (AvgIpc) is 3.17. The van der Waals surface area contributed by atoms with Gasteiger partial charge in [0.1, 0.15) is 17.0 Å².